The lowest BCUT2D eigenvalue weighted by Crippen LogP contribution is -2.46. The second kappa shape index (κ2) is 6.24. The third-order valence-corrected chi connectivity index (χ3v) is 4.47. The molecule has 1 aromatic carbocycles. The van der Waals surface area contributed by atoms with Crippen LogP contribution in [0.2, 0.25) is 0 Å². The number of nitrogens with one attached hydrogen (secondary N) is 1. The number of hydrogen-bond donors (Lipinski definition) is 1. The van der Waals surface area contributed by atoms with E-state index < -0.39 is 0 Å². The minimum Gasteiger partial charge on any atom is -0.373 e. The molecule has 0 aliphatic carbocycles. The van der Waals surface area contributed by atoms with Crippen molar-refractivity contribution in [2.24, 2.45) is 0 Å². The number of fused-ring (bicyclic) bond motifs is 1. The lowest BCUT2D eigenvalue weighted by atomic mass is 9.95. The van der Waals surface area contributed by atoms with E-state index in [2.05, 4.69) is 33.4 Å². The number of ether oxygens (including phenoxy) is 1. The van der Waals surface area contributed by atoms with Gasteiger partial charge in [0.25, 0.3) is 0 Å². The number of carbonyl (C=O) groups is 1. The van der Waals surface area contributed by atoms with Crippen LogP contribution in [0.1, 0.15) is 23.7 Å². The molecule has 2 heterocycles. The highest BCUT2D eigenvalue weighted by atomic mass is 79.9. The minimum absolute atomic E-state index is 0.0887. The topological polar surface area (TPSA) is 41.6 Å². The van der Waals surface area contributed by atoms with Crippen LogP contribution in [0.3, 0.4) is 0 Å². The van der Waals surface area contributed by atoms with Gasteiger partial charge in [0.15, 0.2) is 0 Å². The molecule has 2 aliphatic heterocycles. The van der Waals surface area contributed by atoms with E-state index >= 15 is 0 Å². The average Bonchev–Trinajstić information content (AvgIpc) is 2.48. The fraction of sp³-hybridized carbons (Fsp3) is 0.533. The van der Waals surface area contributed by atoms with Gasteiger partial charge in [-0.15, -0.1) is 0 Å². The van der Waals surface area contributed by atoms with Crippen molar-refractivity contribution in [3.8, 4) is 0 Å². The zero-order valence-electron chi connectivity index (χ0n) is 11.4. The second-order valence-electron chi connectivity index (χ2n) is 5.29. The maximum atomic E-state index is 12.4. The van der Waals surface area contributed by atoms with E-state index in [9.17, 15) is 4.79 Å². The minimum atomic E-state index is -0.0887. The predicted molar refractivity (Wildman–Crippen MR) is 80.6 cm³/mol. The summed E-state index contributed by atoms with van der Waals surface area (Å²) in [5.41, 5.74) is 2.46. The number of nitrogens with zero attached hydrogens (tertiary/aromatic N) is 1. The van der Waals surface area contributed by atoms with Gasteiger partial charge in [0.05, 0.1) is 19.1 Å². The number of rotatable bonds is 2. The van der Waals surface area contributed by atoms with E-state index in [0.29, 0.717) is 13.0 Å². The van der Waals surface area contributed by atoms with Gasteiger partial charge in [-0.2, -0.15) is 0 Å². The standard InChI is InChI=1S/C15H19BrN2O2/c16-12-1-2-13-11(9-12)3-8-20-14(13)10-15(19)18-6-4-17-5-7-18/h1-2,9,14,17H,3-8,10H2. The summed E-state index contributed by atoms with van der Waals surface area (Å²) in [5.74, 6) is 0.201. The molecular formula is C15H19BrN2O2. The first-order valence-corrected chi connectivity index (χ1v) is 7.92. The Morgan fingerprint density at radius 2 is 2.20 bits per heavy atom. The Morgan fingerprint density at radius 1 is 1.40 bits per heavy atom. The molecule has 1 amide bonds. The summed E-state index contributed by atoms with van der Waals surface area (Å²) < 4.78 is 6.92. The Balaban J connectivity index is 1.71. The normalized spacial score (nSPS) is 22.4. The van der Waals surface area contributed by atoms with Gasteiger partial charge in [-0.05, 0) is 29.7 Å². The van der Waals surface area contributed by atoms with Gasteiger partial charge in [-0.3, -0.25) is 4.79 Å². The van der Waals surface area contributed by atoms with Crippen LogP contribution in [0.5, 0.6) is 0 Å². The molecular weight excluding hydrogens is 320 g/mol. The number of hydrogen-bond acceptors (Lipinski definition) is 3. The summed E-state index contributed by atoms with van der Waals surface area (Å²) in [5, 5.41) is 3.26. The van der Waals surface area contributed by atoms with Gasteiger partial charge in [0.1, 0.15) is 0 Å². The molecule has 0 aromatic heterocycles. The van der Waals surface area contributed by atoms with E-state index in [0.717, 1.165) is 37.1 Å². The first-order valence-electron chi connectivity index (χ1n) is 7.12. The Bertz CT molecular complexity index is 501. The number of halogens is 1. The van der Waals surface area contributed by atoms with Gasteiger partial charge in [0, 0.05) is 30.7 Å². The van der Waals surface area contributed by atoms with Crippen LogP contribution in [0, 0.1) is 0 Å². The van der Waals surface area contributed by atoms with Crippen molar-refractivity contribution < 1.29 is 9.53 Å². The molecule has 1 atom stereocenters. The molecule has 5 heteroatoms. The van der Waals surface area contributed by atoms with Gasteiger partial charge in [-0.1, -0.05) is 22.0 Å². The third-order valence-electron chi connectivity index (χ3n) is 3.97. The Morgan fingerprint density at radius 3 is 3.00 bits per heavy atom. The summed E-state index contributed by atoms with van der Waals surface area (Å²) in [6, 6.07) is 6.24. The highest BCUT2D eigenvalue weighted by Crippen LogP contribution is 2.32. The molecule has 0 radical (unpaired) electrons. The van der Waals surface area contributed by atoms with Crippen LogP contribution >= 0.6 is 15.9 Å². The Kier molecular flexibility index (Phi) is 4.38. The molecule has 0 saturated carbocycles. The van der Waals surface area contributed by atoms with E-state index in [1.165, 1.54) is 11.1 Å². The summed E-state index contributed by atoms with van der Waals surface area (Å²) in [7, 11) is 0. The Labute approximate surface area is 127 Å². The summed E-state index contributed by atoms with van der Waals surface area (Å²) in [6.45, 7) is 4.09. The van der Waals surface area contributed by atoms with Crippen molar-refractivity contribution in [1.82, 2.24) is 10.2 Å². The molecule has 20 heavy (non-hydrogen) atoms. The van der Waals surface area contributed by atoms with Gasteiger partial charge in [0.2, 0.25) is 5.91 Å². The molecule has 1 fully saturated rings. The van der Waals surface area contributed by atoms with Crippen LogP contribution in [-0.2, 0) is 16.0 Å². The number of carbonyl (C=O) groups excluding carboxylic acids is 1. The molecule has 3 rings (SSSR count). The molecule has 2 aliphatic rings. The highest BCUT2D eigenvalue weighted by molar-refractivity contribution is 9.10. The fourth-order valence-electron chi connectivity index (χ4n) is 2.88. The zero-order chi connectivity index (χ0) is 13.9. The second-order valence-corrected chi connectivity index (χ2v) is 6.20. The van der Waals surface area contributed by atoms with E-state index in [1.807, 2.05) is 11.0 Å². The molecule has 1 saturated heterocycles. The Hall–Kier alpha value is -0.910. The van der Waals surface area contributed by atoms with E-state index in [1.54, 1.807) is 0 Å². The lowest BCUT2D eigenvalue weighted by molar-refractivity contribution is -0.135. The molecule has 1 unspecified atom stereocenters. The van der Waals surface area contributed by atoms with E-state index in [4.69, 9.17) is 4.74 Å². The number of benzene rings is 1. The largest absolute Gasteiger partial charge is 0.373 e. The molecule has 1 N–H and O–H groups in total. The van der Waals surface area contributed by atoms with Crippen LogP contribution in [-0.4, -0.2) is 43.6 Å². The van der Waals surface area contributed by atoms with Gasteiger partial charge in [-0.25, -0.2) is 0 Å². The van der Waals surface area contributed by atoms with Crippen molar-refractivity contribution in [2.75, 3.05) is 32.8 Å². The molecule has 0 bridgehead atoms. The average molecular weight is 339 g/mol. The van der Waals surface area contributed by atoms with Gasteiger partial charge < -0.3 is 15.0 Å². The van der Waals surface area contributed by atoms with Crippen LogP contribution in [0.4, 0.5) is 0 Å². The first-order chi connectivity index (χ1) is 9.74. The molecule has 1 aromatic rings. The number of amides is 1. The summed E-state index contributed by atoms with van der Waals surface area (Å²) in [6.07, 6.45) is 1.29. The van der Waals surface area contributed by atoms with Crippen molar-refractivity contribution in [1.29, 1.82) is 0 Å². The van der Waals surface area contributed by atoms with Gasteiger partial charge >= 0.3 is 0 Å². The highest BCUT2D eigenvalue weighted by Gasteiger charge is 2.26. The summed E-state index contributed by atoms with van der Waals surface area (Å²) >= 11 is 3.50. The maximum absolute atomic E-state index is 12.4. The monoisotopic (exact) mass is 338 g/mol. The van der Waals surface area contributed by atoms with Crippen molar-refractivity contribution in [3.63, 3.8) is 0 Å². The molecule has 4 nitrogen and oxygen atoms in total. The van der Waals surface area contributed by atoms with Crippen molar-refractivity contribution >= 4 is 21.8 Å². The maximum Gasteiger partial charge on any atom is 0.225 e. The quantitative estimate of drug-likeness (QED) is 0.895. The summed E-state index contributed by atoms with van der Waals surface area (Å²) in [4.78, 5) is 14.3. The zero-order valence-corrected chi connectivity index (χ0v) is 13.0. The molecule has 108 valence electrons. The smallest absolute Gasteiger partial charge is 0.225 e. The van der Waals surface area contributed by atoms with E-state index in [-0.39, 0.29) is 12.0 Å². The third kappa shape index (κ3) is 3.05. The van der Waals surface area contributed by atoms with Crippen LogP contribution in [0.25, 0.3) is 0 Å². The van der Waals surface area contributed by atoms with Crippen molar-refractivity contribution in [2.45, 2.75) is 18.9 Å². The predicted octanol–water partition coefficient (Wildman–Crippen LogP) is 1.88. The van der Waals surface area contributed by atoms with Crippen LogP contribution < -0.4 is 5.32 Å². The SMILES string of the molecule is O=C(CC1OCCc2cc(Br)ccc21)N1CCNCC1. The molecule has 0 spiro atoms. The first kappa shape index (κ1) is 14.0. The number of piperazine rings is 1. The lowest BCUT2D eigenvalue weighted by Gasteiger charge is -2.31. The van der Waals surface area contributed by atoms with Crippen LogP contribution in [0.15, 0.2) is 22.7 Å². The fourth-order valence-corrected chi connectivity index (χ4v) is 3.29. The van der Waals surface area contributed by atoms with Crippen molar-refractivity contribution in [3.05, 3.63) is 33.8 Å².